The molecule has 2 unspecified atom stereocenters. The van der Waals surface area contributed by atoms with E-state index in [1.807, 2.05) is 18.2 Å². The number of anilines is 2. The second kappa shape index (κ2) is 9.04. The van der Waals surface area contributed by atoms with Crippen molar-refractivity contribution >= 4 is 61.5 Å². The quantitative estimate of drug-likeness (QED) is 0.206. The van der Waals surface area contributed by atoms with Gasteiger partial charge in [-0.25, -0.2) is 9.97 Å². The van der Waals surface area contributed by atoms with Crippen molar-refractivity contribution in [1.82, 2.24) is 38.5 Å². The third-order valence-electron chi connectivity index (χ3n) is 9.55. The molecule has 9 heteroatoms. The number of benzene rings is 5. The fourth-order valence-corrected chi connectivity index (χ4v) is 7.49. The van der Waals surface area contributed by atoms with Crippen LogP contribution >= 0.6 is 0 Å². The van der Waals surface area contributed by atoms with Gasteiger partial charge >= 0.3 is 0 Å². The predicted octanol–water partition coefficient (Wildman–Crippen LogP) is 7.70. The van der Waals surface area contributed by atoms with E-state index in [4.69, 9.17) is 20.2 Å². The van der Waals surface area contributed by atoms with Gasteiger partial charge in [-0.05, 0) is 78.9 Å². The predicted molar refractivity (Wildman–Crippen MR) is 185 cm³/mol. The third-order valence-corrected chi connectivity index (χ3v) is 9.55. The van der Waals surface area contributed by atoms with Crippen molar-refractivity contribution in [2.75, 3.05) is 4.90 Å². The lowest BCUT2D eigenvalue weighted by molar-refractivity contribution is 0.624. The highest BCUT2D eigenvalue weighted by atomic mass is 15.5. The van der Waals surface area contributed by atoms with E-state index >= 15 is 0 Å². The van der Waals surface area contributed by atoms with Crippen molar-refractivity contribution < 1.29 is 0 Å². The molecule has 5 heterocycles. The molecule has 4 aromatic heterocycles. The van der Waals surface area contributed by atoms with Gasteiger partial charge in [0.15, 0.2) is 0 Å². The molecule has 0 N–H and O–H groups in total. The summed E-state index contributed by atoms with van der Waals surface area (Å²) >= 11 is 0. The number of nitrogens with zero attached hydrogens (tertiary/aromatic N) is 9. The maximum absolute atomic E-state index is 5.05. The molecule has 222 valence electrons. The maximum Gasteiger partial charge on any atom is 0.220 e. The van der Waals surface area contributed by atoms with Gasteiger partial charge in [-0.2, -0.15) is 4.80 Å². The average molecular weight is 608 g/mol. The monoisotopic (exact) mass is 607 g/mol. The van der Waals surface area contributed by atoms with E-state index in [1.165, 1.54) is 0 Å². The molecular formula is C38H25N9. The molecule has 1 aliphatic heterocycles. The Bertz CT molecular complexity index is 2770. The Hall–Kier alpha value is -6.48. The SMILES string of the molecule is C1=CC2C(C=C1)n1c(nc3ccccc31)N2c1ccc(-n2nc3ccc(-n4c5ccccc5n5c6ccccc6nc45)cc3n2)cc1. The summed E-state index contributed by atoms with van der Waals surface area (Å²) in [5.74, 6) is 1.83. The van der Waals surface area contributed by atoms with Crippen LogP contribution in [0.4, 0.5) is 11.6 Å². The summed E-state index contributed by atoms with van der Waals surface area (Å²) in [5.41, 5.74) is 11.0. The molecule has 47 heavy (non-hydrogen) atoms. The highest BCUT2D eigenvalue weighted by Gasteiger charge is 2.39. The topological polar surface area (TPSA) is 74.0 Å². The van der Waals surface area contributed by atoms with Crippen molar-refractivity contribution in [3.8, 4) is 11.4 Å². The molecule has 9 nitrogen and oxygen atoms in total. The summed E-state index contributed by atoms with van der Waals surface area (Å²) in [4.78, 5) is 14.1. The van der Waals surface area contributed by atoms with Gasteiger partial charge in [-0.3, -0.25) is 8.97 Å². The molecule has 5 aromatic carbocycles. The summed E-state index contributed by atoms with van der Waals surface area (Å²) < 4.78 is 6.78. The van der Waals surface area contributed by atoms with E-state index in [9.17, 15) is 0 Å². The van der Waals surface area contributed by atoms with Crippen molar-refractivity contribution in [2.45, 2.75) is 12.1 Å². The molecule has 2 atom stereocenters. The zero-order valence-electron chi connectivity index (χ0n) is 25.0. The number of rotatable bonds is 3. The number of para-hydroxylation sites is 6. The fraction of sp³-hybridized carbons (Fsp3) is 0.0526. The second-order valence-electron chi connectivity index (χ2n) is 12.1. The zero-order chi connectivity index (χ0) is 30.6. The Morgan fingerprint density at radius 3 is 1.96 bits per heavy atom. The first-order valence-electron chi connectivity index (χ1n) is 15.8. The Balaban J connectivity index is 0.989. The summed E-state index contributed by atoms with van der Waals surface area (Å²) in [5, 5.41) is 9.78. The van der Waals surface area contributed by atoms with Crippen molar-refractivity contribution in [1.29, 1.82) is 0 Å². The molecule has 11 rings (SSSR count). The van der Waals surface area contributed by atoms with Gasteiger partial charge in [0.2, 0.25) is 11.7 Å². The molecule has 1 aliphatic carbocycles. The first-order chi connectivity index (χ1) is 23.3. The first-order valence-corrected chi connectivity index (χ1v) is 15.8. The van der Waals surface area contributed by atoms with Gasteiger partial charge in [0.25, 0.3) is 0 Å². The molecular weight excluding hydrogens is 582 g/mol. The van der Waals surface area contributed by atoms with E-state index in [-0.39, 0.29) is 12.1 Å². The molecule has 0 saturated heterocycles. The number of hydrogen-bond donors (Lipinski definition) is 0. The number of allylic oxidation sites excluding steroid dienone is 2. The lowest BCUT2D eigenvalue weighted by Crippen LogP contribution is -2.29. The smallest absolute Gasteiger partial charge is 0.220 e. The van der Waals surface area contributed by atoms with Gasteiger partial charge in [-0.15, -0.1) is 10.2 Å². The van der Waals surface area contributed by atoms with E-state index in [0.717, 1.165) is 72.9 Å². The number of hydrogen-bond acceptors (Lipinski definition) is 5. The molecule has 0 amide bonds. The minimum Gasteiger partial charge on any atom is -0.303 e. The summed E-state index contributed by atoms with van der Waals surface area (Å²) in [7, 11) is 0. The number of aromatic nitrogens is 8. The van der Waals surface area contributed by atoms with E-state index < -0.39 is 0 Å². The van der Waals surface area contributed by atoms with Crippen LogP contribution in [0, 0.1) is 0 Å². The van der Waals surface area contributed by atoms with Crippen LogP contribution in [-0.4, -0.2) is 44.5 Å². The molecule has 0 spiro atoms. The standard InChI is InChI=1S/C38H25N9/c1-3-11-31-28(9-1)39-37-43(33-13-5-7-15-35(33)45(31)37)24-17-19-25(20-18-24)47-41-27-22-21-26(23-30(27)42-47)44-34-14-6-8-16-36(34)46-32-12-4-2-10-29(32)40-38(44)46/h1-23,33,35H. The van der Waals surface area contributed by atoms with Crippen LogP contribution in [-0.2, 0) is 0 Å². The van der Waals surface area contributed by atoms with Crippen LogP contribution in [0.25, 0.3) is 61.3 Å². The number of imidazole rings is 3. The third kappa shape index (κ3) is 3.37. The molecule has 0 saturated carbocycles. The lowest BCUT2D eigenvalue weighted by atomic mass is 10.0. The highest BCUT2D eigenvalue weighted by molar-refractivity contribution is 5.92. The largest absolute Gasteiger partial charge is 0.303 e. The fourth-order valence-electron chi connectivity index (χ4n) is 7.49. The molecule has 9 aromatic rings. The van der Waals surface area contributed by atoms with Crippen LogP contribution in [0.15, 0.2) is 140 Å². The second-order valence-corrected chi connectivity index (χ2v) is 12.1. The van der Waals surface area contributed by atoms with Crippen LogP contribution < -0.4 is 4.90 Å². The normalized spacial score (nSPS) is 17.1. The van der Waals surface area contributed by atoms with Crippen molar-refractivity contribution in [3.05, 3.63) is 140 Å². The Morgan fingerprint density at radius 1 is 0.489 bits per heavy atom. The van der Waals surface area contributed by atoms with E-state index in [1.54, 1.807) is 4.80 Å². The Morgan fingerprint density at radius 2 is 1.13 bits per heavy atom. The van der Waals surface area contributed by atoms with Crippen LogP contribution in [0.3, 0.4) is 0 Å². The van der Waals surface area contributed by atoms with Gasteiger partial charge < -0.3 is 9.47 Å². The minimum atomic E-state index is 0.158. The lowest BCUT2D eigenvalue weighted by Gasteiger charge is -2.26. The van der Waals surface area contributed by atoms with Gasteiger partial charge in [0, 0.05) is 5.69 Å². The molecule has 0 fully saturated rings. The van der Waals surface area contributed by atoms with Crippen LogP contribution in [0.1, 0.15) is 6.04 Å². The van der Waals surface area contributed by atoms with Crippen molar-refractivity contribution in [3.63, 3.8) is 0 Å². The van der Waals surface area contributed by atoms with E-state index in [0.29, 0.717) is 0 Å². The minimum absolute atomic E-state index is 0.158. The zero-order valence-corrected chi connectivity index (χ0v) is 25.0. The Kier molecular flexibility index (Phi) is 4.77. The van der Waals surface area contributed by atoms with Gasteiger partial charge in [0.1, 0.15) is 11.0 Å². The summed E-state index contributed by atoms with van der Waals surface area (Å²) in [6.07, 6.45) is 8.78. The Labute approximate surface area is 267 Å². The van der Waals surface area contributed by atoms with E-state index in [2.05, 4.69) is 140 Å². The van der Waals surface area contributed by atoms with Gasteiger partial charge in [0.05, 0.1) is 56.6 Å². The first kappa shape index (κ1) is 24.8. The highest BCUT2D eigenvalue weighted by Crippen LogP contribution is 2.44. The molecule has 0 radical (unpaired) electrons. The van der Waals surface area contributed by atoms with Gasteiger partial charge in [-0.1, -0.05) is 60.7 Å². The number of fused-ring (bicyclic) bond motifs is 11. The molecule has 2 aliphatic rings. The van der Waals surface area contributed by atoms with Crippen LogP contribution in [0.5, 0.6) is 0 Å². The maximum atomic E-state index is 5.05. The molecule has 0 bridgehead atoms. The summed E-state index contributed by atoms with van der Waals surface area (Å²) in [6, 6.07) is 40.0. The average Bonchev–Trinajstić information content (AvgIpc) is 3.92. The summed E-state index contributed by atoms with van der Waals surface area (Å²) in [6.45, 7) is 0. The van der Waals surface area contributed by atoms with Crippen LogP contribution in [0.2, 0.25) is 0 Å². The van der Waals surface area contributed by atoms with Crippen molar-refractivity contribution in [2.24, 2.45) is 0 Å².